The molecule has 2 aromatic carbocycles. The smallest absolute Gasteiger partial charge is 0.321 e. The lowest BCUT2D eigenvalue weighted by Crippen LogP contribution is -2.37. The van der Waals surface area contributed by atoms with Crippen LogP contribution >= 0.6 is 0 Å². The van der Waals surface area contributed by atoms with E-state index in [1.165, 1.54) is 17.8 Å². The molecule has 0 atom stereocenters. The number of hydrogen-bond donors (Lipinski definition) is 1. The van der Waals surface area contributed by atoms with Gasteiger partial charge in [0.2, 0.25) is 0 Å². The Bertz CT molecular complexity index is 1380. The van der Waals surface area contributed by atoms with Crippen molar-refractivity contribution in [2.24, 2.45) is 14.1 Å². The molecule has 0 saturated heterocycles. The Labute approximate surface area is 172 Å². The standard InChI is InChI=1S/C23H20N4O3/c1-14-13-24-20-18(22(29)27(3)23(30)26(20)2)19(14)25-21(28)17-11-9-16(10-12-17)15-7-5-4-6-8-15/h4-13H,1-3H3,(H,24,25,28). The Balaban J connectivity index is 1.74. The number of fused-ring (bicyclic) bond motifs is 1. The summed E-state index contributed by atoms with van der Waals surface area (Å²) in [4.78, 5) is 42.1. The first-order valence-corrected chi connectivity index (χ1v) is 9.40. The molecule has 1 N–H and O–H groups in total. The summed E-state index contributed by atoms with van der Waals surface area (Å²) >= 11 is 0. The zero-order valence-electron chi connectivity index (χ0n) is 16.8. The van der Waals surface area contributed by atoms with Crippen molar-refractivity contribution in [2.45, 2.75) is 6.92 Å². The predicted molar refractivity (Wildman–Crippen MR) is 117 cm³/mol. The fourth-order valence-corrected chi connectivity index (χ4v) is 3.41. The normalized spacial score (nSPS) is 10.9. The van der Waals surface area contributed by atoms with Crippen LogP contribution in [0.1, 0.15) is 15.9 Å². The maximum Gasteiger partial charge on any atom is 0.332 e. The first-order valence-electron chi connectivity index (χ1n) is 9.40. The largest absolute Gasteiger partial charge is 0.332 e. The Kier molecular flexibility index (Phi) is 4.79. The summed E-state index contributed by atoms with van der Waals surface area (Å²) in [5, 5.41) is 3.04. The summed E-state index contributed by atoms with van der Waals surface area (Å²) in [6.45, 7) is 1.76. The van der Waals surface area contributed by atoms with E-state index in [0.29, 0.717) is 16.8 Å². The molecule has 2 aromatic heterocycles. The summed E-state index contributed by atoms with van der Waals surface area (Å²) in [7, 11) is 2.95. The maximum absolute atomic E-state index is 12.9. The molecule has 0 fully saturated rings. The fraction of sp³-hybridized carbons (Fsp3) is 0.130. The van der Waals surface area contributed by atoms with E-state index in [2.05, 4.69) is 10.3 Å². The second-order valence-corrected chi connectivity index (χ2v) is 7.12. The van der Waals surface area contributed by atoms with Crippen LogP contribution in [0, 0.1) is 6.92 Å². The zero-order valence-corrected chi connectivity index (χ0v) is 16.8. The van der Waals surface area contributed by atoms with Crippen molar-refractivity contribution in [3.63, 3.8) is 0 Å². The molecule has 0 bridgehead atoms. The van der Waals surface area contributed by atoms with E-state index in [1.54, 1.807) is 26.1 Å². The third kappa shape index (κ3) is 3.20. The van der Waals surface area contributed by atoms with Crippen molar-refractivity contribution in [3.8, 4) is 11.1 Å². The lowest BCUT2D eigenvalue weighted by molar-refractivity contribution is 0.102. The van der Waals surface area contributed by atoms with Crippen molar-refractivity contribution in [1.82, 2.24) is 14.1 Å². The van der Waals surface area contributed by atoms with Gasteiger partial charge >= 0.3 is 5.69 Å². The molecule has 0 unspecified atom stereocenters. The Hall–Kier alpha value is -4.00. The average Bonchev–Trinajstić information content (AvgIpc) is 2.78. The zero-order chi connectivity index (χ0) is 21.4. The fourth-order valence-electron chi connectivity index (χ4n) is 3.41. The molecule has 7 heteroatoms. The van der Waals surface area contributed by atoms with Crippen molar-refractivity contribution >= 4 is 22.6 Å². The minimum atomic E-state index is -0.501. The van der Waals surface area contributed by atoms with Gasteiger partial charge in [0.25, 0.3) is 11.5 Å². The highest BCUT2D eigenvalue weighted by molar-refractivity contribution is 6.09. The SMILES string of the molecule is Cc1cnc2c(c1NC(=O)c1ccc(-c3ccccc3)cc1)c(=O)n(C)c(=O)n2C. The number of pyridine rings is 1. The predicted octanol–water partition coefficient (Wildman–Crippen LogP) is 2.86. The van der Waals surface area contributed by atoms with Gasteiger partial charge < -0.3 is 5.32 Å². The maximum atomic E-state index is 12.9. The van der Waals surface area contributed by atoms with Gasteiger partial charge in [-0.3, -0.25) is 18.7 Å². The molecule has 0 aliphatic heterocycles. The van der Waals surface area contributed by atoms with Crippen LogP contribution in [0.3, 0.4) is 0 Å². The average molecular weight is 400 g/mol. The number of aryl methyl sites for hydroxylation is 2. The van der Waals surface area contributed by atoms with E-state index in [-0.39, 0.29) is 16.9 Å². The number of carbonyl (C=O) groups is 1. The van der Waals surface area contributed by atoms with Crippen LogP contribution in [0.25, 0.3) is 22.2 Å². The highest BCUT2D eigenvalue weighted by Crippen LogP contribution is 2.23. The molecule has 7 nitrogen and oxygen atoms in total. The summed E-state index contributed by atoms with van der Waals surface area (Å²) in [6, 6.07) is 17.1. The van der Waals surface area contributed by atoms with E-state index in [0.717, 1.165) is 15.7 Å². The number of amides is 1. The van der Waals surface area contributed by atoms with Crippen LogP contribution in [-0.4, -0.2) is 20.0 Å². The minimum absolute atomic E-state index is 0.203. The van der Waals surface area contributed by atoms with Gasteiger partial charge in [-0.2, -0.15) is 0 Å². The van der Waals surface area contributed by atoms with E-state index >= 15 is 0 Å². The van der Waals surface area contributed by atoms with Gasteiger partial charge in [0.1, 0.15) is 5.39 Å². The van der Waals surface area contributed by atoms with Crippen LogP contribution < -0.4 is 16.6 Å². The number of nitrogens with zero attached hydrogens (tertiary/aromatic N) is 3. The van der Waals surface area contributed by atoms with Gasteiger partial charge in [-0.05, 0) is 35.7 Å². The van der Waals surface area contributed by atoms with Gasteiger partial charge in [0, 0.05) is 25.9 Å². The van der Waals surface area contributed by atoms with Crippen molar-refractivity contribution in [1.29, 1.82) is 0 Å². The number of aromatic nitrogens is 3. The second-order valence-electron chi connectivity index (χ2n) is 7.12. The minimum Gasteiger partial charge on any atom is -0.321 e. The molecular formula is C23H20N4O3. The molecule has 0 radical (unpaired) electrons. The number of carbonyl (C=O) groups excluding carboxylic acids is 1. The summed E-state index contributed by atoms with van der Waals surface area (Å²) < 4.78 is 2.30. The second kappa shape index (κ2) is 7.44. The van der Waals surface area contributed by atoms with Gasteiger partial charge in [-0.1, -0.05) is 42.5 Å². The number of nitrogens with one attached hydrogen (secondary N) is 1. The number of benzene rings is 2. The highest BCUT2D eigenvalue weighted by Gasteiger charge is 2.18. The van der Waals surface area contributed by atoms with Crippen molar-refractivity contribution < 1.29 is 4.79 Å². The summed E-state index contributed by atoms with van der Waals surface area (Å²) in [5.74, 6) is -0.346. The molecule has 1 amide bonds. The molecule has 4 aromatic rings. The van der Waals surface area contributed by atoms with Gasteiger partial charge in [0.15, 0.2) is 5.65 Å². The monoisotopic (exact) mass is 400 g/mol. The third-order valence-corrected chi connectivity index (χ3v) is 5.15. The lowest BCUT2D eigenvalue weighted by atomic mass is 10.0. The Morgan fingerprint density at radius 1 is 0.900 bits per heavy atom. The van der Waals surface area contributed by atoms with Crippen LogP contribution in [0.2, 0.25) is 0 Å². The number of hydrogen-bond acceptors (Lipinski definition) is 4. The van der Waals surface area contributed by atoms with E-state index in [4.69, 9.17) is 0 Å². The Morgan fingerprint density at radius 2 is 1.53 bits per heavy atom. The molecule has 0 saturated carbocycles. The molecule has 2 heterocycles. The molecular weight excluding hydrogens is 380 g/mol. The number of rotatable bonds is 3. The third-order valence-electron chi connectivity index (χ3n) is 5.15. The first-order chi connectivity index (χ1) is 14.4. The summed E-state index contributed by atoms with van der Waals surface area (Å²) in [6.07, 6.45) is 1.54. The molecule has 150 valence electrons. The van der Waals surface area contributed by atoms with Crippen LogP contribution in [0.15, 0.2) is 70.4 Å². The number of anilines is 1. The topological polar surface area (TPSA) is 86.0 Å². The first kappa shape index (κ1) is 19.3. The van der Waals surface area contributed by atoms with Crippen LogP contribution in [0.5, 0.6) is 0 Å². The highest BCUT2D eigenvalue weighted by atomic mass is 16.2. The van der Waals surface area contributed by atoms with Gasteiger partial charge in [0.05, 0.1) is 5.69 Å². The van der Waals surface area contributed by atoms with Crippen molar-refractivity contribution in [3.05, 3.63) is 92.8 Å². The molecule has 0 aliphatic carbocycles. The quantitative estimate of drug-likeness (QED) is 0.573. The molecule has 0 spiro atoms. The summed E-state index contributed by atoms with van der Waals surface area (Å²) in [5.41, 5.74) is 2.76. The van der Waals surface area contributed by atoms with Gasteiger partial charge in [-0.25, -0.2) is 9.78 Å². The molecule has 0 aliphatic rings. The van der Waals surface area contributed by atoms with E-state index < -0.39 is 11.2 Å². The van der Waals surface area contributed by atoms with Crippen molar-refractivity contribution in [2.75, 3.05) is 5.32 Å². The molecule has 4 rings (SSSR count). The van der Waals surface area contributed by atoms with Gasteiger partial charge in [-0.15, -0.1) is 0 Å². The van der Waals surface area contributed by atoms with Crippen LogP contribution in [0.4, 0.5) is 5.69 Å². The lowest BCUT2D eigenvalue weighted by Gasteiger charge is -2.14. The van der Waals surface area contributed by atoms with E-state index in [9.17, 15) is 14.4 Å². The van der Waals surface area contributed by atoms with E-state index in [1.807, 2.05) is 42.5 Å². The van der Waals surface area contributed by atoms with Crippen LogP contribution in [-0.2, 0) is 14.1 Å². The molecule has 30 heavy (non-hydrogen) atoms. The Morgan fingerprint density at radius 3 is 2.20 bits per heavy atom.